The Labute approximate surface area is 139 Å². The van der Waals surface area contributed by atoms with Gasteiger partial charge in [0.2, 0.25) is 6.41 Å². The number of carboxylic acid groups (broad SMARTS) is 1. The first-order valence-electron chi connectivity index (χ1n) is 7.59. The number of amides is 1. The largest absolute Gasteiger partial charge is 0.497 e. The molecule has 3 N–H and O–H groups in total. The summed E-state index contributed by atoms with van der Waals surface area (Å²) < 4.78 is 5.22. The molecular formula is C18H18N2O4. The lowest BCUT2D eigenvalue weighted by atomic mass is 9.79. The Bertz CT molecular complexity index is 790. The van der Waals surface area contributed by atoms with Crippen molar-refractivity contribution in [2.75, 3.05) is 19.0 Å². The van der Waals surface area contributed by atoms with Gasteiger partial charge in [0.05, 0.1) is 7.11 Å². The van der Waals surface area contributed by atoms with Crippen molar-refractivity contribution in [1.29, 1.82) is 0 Å². The van der Waals surface area contributed by atoms with E-state index < -0.39 is 11.5 Å². The monoisotopic (exact) mass is 326 g/mol. The molecule has 0 saturated carbocycles. The van der Waals surface area contributed by atoms with E-state index in [0.717, 1.165) is 17.8 Å². The van der Waals surface area contributed by atoms with E-state index in [9.17, 15) is 14.7 Å². The zero-order chi connectivity index (χ0) is 17.2. The molecule has 0 bridgehead atoms. The first-order valence-corrected chi connectivity index (χ1v) is 7.59. The van der Waals surface area contributed by atoms with Crippen LogP contribution in [0, 0.1) is 0 Å². The molecule has 1 atom stereocenters. The minimum atomic E-state index is -1.67. The molecular weight excluding hydrogens is 308 g/mol. The molecule has 0 aliphatic carbocycles. The van der Waals surface area contributed by atoms with E-state index in [1.54, 1.807) is 36.4 Å². The number of hydrogen-bond acceptors (Lipinski definition) is 4. The van der Waals surface area contributed by atoms with Gasteiger partial charge < -0.3 is 20.5 Å². The number of hydrogen-bond donors (Lipinski definition) is 3. The maximum Gasteiger partial charge on any atom is 0.338 e. The second-order valence-electron chi connectivity index (χ2n) is 5.56. The van der Waals surface area contributed by atoms with Crippen molar-refractivity contribution in [3.05, 3.63) is 59.2 Å². The van der Waals surface area contributed by atoms with Gasteiger partial charge >= 0.3 is 5.97 Å². The van der Waals surface area contributed by atoms with E-state index in [1.807, 2.05) is 6.07 Å². The summed E-state index contributed by atoms with van der Waals surface area (Å²) >= 11 is 0. The number of rotatable bonds is 6. The van der Waals surface area contributed by atoms with Gasteiger partial charge in [-0.15, -0.1) is 0 Å². The average Bonchev–Trinajstić information content (AvgIpc) is 3.08. The van der Waals surface area contributed by atoms with Gasteiger partial charge in [-0.2, -0.15) is 0 Å². The molecule has 6 heteroatoms. The zero-order valence-corrected chi connectivity index (χ0v) is 13.2. The van der Waals surface area contributed by atoms with Crippen molar-refractivity contribution in [3.63, 3.8) is 0 Å². The van der Waals surface area contributed by atoms with Crippen molar-refractivity contribution >= 4 is 18.1 Å². The Morgan fingerprint density at radius 3 is 2.83 bits per heavy atom. The van der Waals surface area contributed by atoms with E-state index in [0.29, 0.717) is 29.7 Å². The van der Waals surface area contributed by atoms with Gasteiger partial charge in [0.1, 0.15) is 5.75 Å². The number of carboxylic acids is 1. The molecule has 1 heterocycles. The fraction of sp³-hybridized carbons (Fsp3) is 0.222. The van der Waals surface area contributed by atoms with Gasteiger partial charge in [-0.1, -0.05) is 24.3 Å². The average molecular weight is 326 g/mol. The van der Waals surface area contributed by atoms with Crippen molar-refractivity contribution in [1.82, 2.24) is 5.32 Å². The van der Waals surface area contributed by atoms with Crippen molar-refractivity contribution in [2.24, 2.45) is 0 Å². The van der Waals surface area contributed by atoms with Gasteiger partial charge in [-0.05, 0) is 41.3 Å². The molecule has 124 valence electrons. The first kappa shape index (κ1) is 15.9. The Morgan fingerprint density at radius 1 is 1.33 bits per heavy atom. The lowest BCUT2D eigenvalue weighted by Gasteiger charge is -2.31. The van der Waals surface area contributed by atoms with Crippen molar-refractivity contribution < 1.29 is 19.4 Å². The molecule has 2 aromatic carbocycles. The summed E-state index contributed by atoms with van der Waals surface area (Å²) in [5.74, 6) is -0.625. The normalized spacial score (nSPS) is 14.9. The Balaban J connectivity index is 2.29. The molecule has 1 aliphatic heterocycles. The maximum atomic E-state index is 12.3. The molecule has 1 unspecified atom stereocenters. The fourth-order valence-electron chi connectivity index (χ4n) is 3.26. The van der Waals surface area contributed by atoms with Gasteiger partial charge in [0.15, 0.2) is 5.54 Å². The molecule has 0 radical (unpaired) electrons. The number of fused-ring (bicyclic) bond motifs is 1. The molecule has 0 fully saturated rings. The number of methoxy groups -OCH3 is 1. The lowest BCUT2D eigenvalue weighted by Crippen LogP contribution is -2.50. The quantitative estimate of drug-likeness (QED) is 0.704. The summed E-state index contributed by atoms with van der Waals surface area (Å²) in [7, 11) is 1.51. The van der Waals surface area contributed by atoms with Gasteiger partial charge in [0, 0.05) is 12.2 Å². The van der Waals surface area contributed by atoms with Crippen LogP contribution in [0.4, 0.5) is 5.69 Å². The first-order chi connectivity index (χ1) is 11.6. The van der Waals surface area contributed by atoms with Crippen molar-refractivity contribution in [2.45, 2.75) is 12.0 Å². The molecule has 0 spiro atoms. The summed E-state index contributed by atoms with van der Waals surface area (Å²) in [5.41, 5.74) is 1.11. The summed E-state index contributed by atoms with van der Waals surface area (Å²) in [6, 6.07) is 12.2. The summed E-state index contributed by atoms with van der Waals surface area (Å²) in [5, 5.41) is 15.9. The molecule has 2 aromatic rings. The number of carbonyl (C=O) groups is 2. The van der Waals surface area contributed by atoms with Crippen LogP contribution < -0.4 is 15.4 Å². The molecule has 3 rings (SSSR count). The van der Waals surface area contributed by atoms with Crippen LogP contribution in [-0.2, 0) is 21.5 Å². The lowest BCUT2D eigenvalue weighted by molar-refractivity contribution is -0.144. The summed E-state index contributed by atoms with van der Waals surface area (Å²) in [6.45, 7) is 0.737. The smallest absolute Gasteiger partial charge is 0.338 e. The summed E-state index contributed by atoms with van der Waals surface area (Å²) in [6.07, 6.45) is 1.13. The number of anilines is 1. The number of carbonyl (C=O) groups excluding carboxylic acids is 1. The molecule has 1 aliphatic rings. The van der Waals surface area contributed by atoms with Gasteiger partial charge in [0.25, 0.3) is 0 Å². The second kappa shape index (κ2) is 6.23. The number of benzene rings is 2. The zero-order valence-electron chi connectivity index (χ0n) is 13.2. The molecule has 0 saturated heterocycles. The summed E-state index contributed by atoms with van der Waals surface area (Å²) in [4.78, 5) is 23.6. The third-order valence-corrected chi connectivity index (χ3v) is 4.37. The number of ether oxygens (including phenoxy) is 1. The standard InChI is InChI=1S/C18H18N2O4/c1-24-13-5-2-4-12(10-13)18(17(22)23,20-11-21)15-6-3-7-16-14(15)8-9-19-16/h2-7,10-11,19H,8-9H2,1H3,(H,20,21)(H,22,23). The van der Waals surface area contributed by atoms with Crippen molar-refractivity contribution in [3.8, 4) is 5.75 Å². The van der Waals surface area contributed by atoms with Gasteiger partial charge in [-0.25, -0.2) is 4.79 Å². The van der Waals surface area contributed by atoms with E-state index >= 15 is 0 Å². The number of aliphatic carboxylic acids is 1. The highest BCUT2D eigenvalue weighted by atomic mass is 16.5. The fourth-order valence-corrected chi connectivity index (χ4v) is 3.26. The minimum absolute atomic E-state index is 0.426. The highest BCUT2D eigenvalue weighted by Crippen LogP contribution is 2.38. The van der Waals surface area contributed by atoms with Crippen LogP contribution in [0.15, 0.2) is 42.5 Å². The topological polar surface area (TPSA) is 87.7 Å². The van der Waals surface area contributed by atoms with E-state index in [-0.39, 0.29) is 0 Å². The Hall–Kier alpha value is -3.02. The Kier molecular flexibility index (Phi) is 4.12. The van der Waals surface area contributed by atoms with Crippen LogP contribution in [0.1, 0.15) is 16.7 Å². The van der Waals surface area contributed by atoms with Crippen LogP contribution in [0.2, 0.25) is 0 Å². The third-order valence-electron chi connectivity index (χ3n) is 4.37. The third kappa shape index (κ3) is 2.36. The second-order valence-corrected chi connectivity index (χ2v) is 5.56. The number of nitrogens with one attached hydrogen (secondary N) is 2. The van der Waals surface area contributed by atoms with Crippen LogP contribution in [0.3, 0.4) is 0 Å². The predicted molar refractivity (Wildman–Crippen MR) is 89.2 cm³/mol. The van der Waals surface area contributed by atoms with Crippen LogP contribution in [0.25, 0.3) is 0 Å². The molecule has 6 nitrogen and oxygen atoms in total. The SMILES string of the molecule is COc1cccc(C(NC=O)(C(=O)O)c2cccc3c2CCN3)c1. The molecule has 0 aromatic heterocycles. The predicted octanol–water partition coefficient (Wildman–Crippen LogP) is 1.74. The van der Waals surface area contributed by atoms with Crippen LogP contribution in [0.5, 0.6) is 5.75 Å². The van der Waals surface area contributed by atoms with E-state index in [1.165, 1.54) is 7.11 Å². The maximum absolute atomic E-state index is 12.3. The molecule has 1 amide bonds. The van der Waals surface area contributed by atoms with E-state index in [4.69, 9.17) is 4.74 Å². The minimum Gasteiger partial charge on any atom is -0.497 e. The Morgan fingerprint density at radius 2 is 2.12 bits per heavy atom. The molecule has 24 heavy (non-hydrogen) atoms. The highest BCUT2D eigenvalue weighted by Gasteiger charge is 2.44. The van der Waals surface area contributed by atoms with Crippen LogP contribution in [-0.4, -0.2) is 31.1 Å². The van der Waals surface area contributed by atoms with Gasteiger partial charge in [-0.3, -0.25) is 4.79 Å². The van der Waals surface area contributed by atoms with E-state index in [2.05, 4.69) is 10.6 Å². The van der Waals surface area contributed by atoms with Crippen LogP contribution >= 0.6 is 0 Å². The highest BCUT2D eigenvalue weighted by molar-refractivity contribution is 5.89.